The van der Waals surface area contributed by atoms with Crippen LogP contribution in [-0.2, 0) is 4.79 Å². The van der Waals surface area contributed by atoms with Gasteiger partial charge < -0.3 is 5.32 Å². The van der Waals surface area contributed by atoms with Gasteiger partial charge in [0.2, 0.25) is 0 Å². The molecular weight excluding hydrogens is 144 g/mol. The van der Waals surface area contributed by atoms with Crippen LogP contribution in [0, 0.1) is 0 Å². The molecule has 0 aliphatic rings. The van der Waals surface area contributed by atoms with Gasteiger partial charge in [-0.15, -0.1) is 0 Å². The predicted molar refractivity (Wildman–Crippen MR) is 41.8 cm³/mol. The van der Waals surface area contributed by atoms with Crippen molar-refractivity contribution in [1.29, 1.82) is 0 Å². The molecule has 1 N–H and O–H groups in total. The van der Waals surface area contributed by atoms with E-state index in [0.717, 1.165) is 11.3 Å². The molecular formula is C7H13N2O2. The number of hydrogen-bond donors (Lipinski definition) is 1. The first-order valence-electron chi connectivity index (χ1n) is 3.69. The Morgan fingerprint density at radius 1 is 1.55 bits per heavy atom. The topological polar surface area (TPSA) is 49.4 Å². The SMILES string of the molecule is CCCN([C]=O)C(=O)NCC. The molecule has 0 saturated heterocycles. The number of amides is 3. The Kier molecular flexibility index (Phi) is 5.15. The van der Waals surface area contributed by atoms with Crippen LogP contribution < -0.4 is 5.32 Å². The molecule has 0 rings (SSSR count). The monoisotopic (exact) mass is 157 g/mol. The van der Waals surface area contributed by atoms with Crippen molar-refractivity contribution in [2.45, 2.75) is 20.3 Å². The fraction of sp³-hybridized carbons (Fsp3) is 0.714. The molecule has 1 radical (unpaired) electrons. The molecule has 0 aromatic heterocycles. The van der Waals surface area contributed by atoms with Crippen LogP contribution in [0.3, 0.4) is 0 Å². The Morgan fingerprint density at radius 2 is 2.18 bits per heavy atom. The van der Waals surface area contributed by atoms with E-state index in [1.807, 2.05) is 6.92 Å². The molecule has 0 aromatic carbocycles. The van der Waals surface area contributed by atoms with Crippen molar-refractivity contribution in [3.63, 3.8) is 0 Å². The number of carbonyl (C=O) groups is 1. The summed E-state index contributed by atoms with van der Waals surface area (Å²) in [5.41, 5.74) is 0. The van der Waals surface area contributed by atoms with Gasteiger partial charge in [-0.2, -0.15) is 0 Å². The summed E-state index contributed by atoms with van der Waals surface area (Å²) in [6.07, 6.45) is 2.32. The highest BCUT2D eigenvalue weighted by atomic mass is 16.2. The lowest BCUT2D eigenvalue weighted by Gasteiger charge is -2.12. The third-order valence-electron chi connectivity index (χ3n) is 1.13. The maximum absolute atomic E-state index is 10.9. The summed E-state index contributed by atoms with van der Waals surface area (Å²) in [7, 11) is 0. The maximum Gasteiger partial charge on any atom is 0.324 e. The minimum Gasteiger partial charge on any atom is -0.338 e. The van der Waals surface area contributed by atoms with E-state index in [-0.39, 0.29) is 6.03 Å². The van der Waals surface area contributed by atoms with E-state index in [0.29, 0.717) is 13.1 Å². The zero-order valence-electron chi connectivity index (χ0n) is 6.89. The second kappa shape index (κ2) is 5.70. The lowest BCUT2D eigenvalue weighted by atomic mass is 10.4. The van der Waals surface area contributed by atoms with Crippen LogP contribution in [0.1, 0.15) is 20.3 Å². The third kappa shape index (κ3) is 3.60. The van der Waals surface area contributed by atoms with Crippen molar-refractivity contribution in [1.82, 2.24) is 10.2 Å². The molecule has 0 saturated carbocycles. The summed E-state index contributed by atoms with van der Waals surface area (Å²) >= 11 is 0. The molecule has 0 atom stereocenters. The molecule has 0 bridgehead atoms. The number of hydrogen-bond acceptors (Lipinski definition) is 2. The Hall–Kier alpha value is -1.06. The first-order valence-corrected chi connectivity index (χ1v) is 3.69. The molecule has 0 aliphatic carbocycles. The highest BCUT2D eigenvalue weighted by Crippen LogP contribution is 1.87. The normalized spacial score (nSPS) is 8.91. The van der Waals surface area contributed by atoms with Gasteiger partial charge in [-0.3, -0.25) is 9.69 Å². The number of nitrogens with zero attached hydrogens (tertiary/aromatic N) is 1. The third-order valence-corrected chi connectivity index (χ3v) is 1.13. The molecule has 4 heteroatoms. The van der Waals surface area contributed by atoms with E-state index in [9.17, 15) is 9.59 Å². The molecule has 3 amide bonds. The van der Waals surface area contributed by atoms with E-state index in [1.54, 1.807) is 13.3 Å². The van der Waals surface area contributed by atoms with Crippen molar-refractivity contribution < 1.29 is 9.59 Å². The van der Waals surface area contributed by atoms with Gasteiger partial charge in [-0.05, 0) is 13.3 Å². The van der Waals surface area contributed by atoms with Crippen LogP contribution in [0.4, 0.5) is 4.79 Å². The maximum atomic E-state index is 10.9. The summed E-state index contributed by atoms with van der Waals surface area (Å²) in [6.45, 7) is 4.65. The second-order valence-corrected chi connectivity index (χ2v) is 2.08. The molecule has 63 valence electrons. The molecule has 0 aromatic rings. The fourth-order valence-corrected chi connectivity index (χ4v) is 0.659. The quantitative estimate of drug-likeness (QED) is 0.604. The minimum atomic E-state index is -0.371. The van der Waals surface area contributed by atoms with Gasteiger partial charge in [0.1, 0.15) is 0 Å². The molecule has 11 heavy (non-hydrogen) atoms. The summed E-state index contributed by atoms with van der Waals surface area (Å²) < 4.78 is 0. The number of urea groups is 1. The smallest absolute Gasteiger partial charge is 0.324 e. The average molecular weight is 157 g/mol. The van der Waals surface area contributed by atoms with Crippen LogP contribution in [-0.4, -0.2) is 30.4 Å². The van der Waals surface area contributed by atoms with Crippen LogP contribution in [0.5, 0.6) is 0 Å². The van der Waals surface area contributed by atoms with E-state index in [4.69, 9.17) is 0 Å². The Bertz CT molecular complexity index is 136. The van der Waals surface area contributed by atoms with Gasteiger partial charge in [-0.25, -0.2) is 4.79 Å². The Labute approximate surface area is 66.6 Å². The Morgan fingerprint density at radius 3 is 2.55 bits per heavy atom. The second-order valence-electron chi connectivity index (χ2n) is 2.08. The molecule has 0 heterocycles. The van der Waals surface area contributed by atoms with Crippen molar-refractivity contribution in [3.05, 3.63) is 0 Å². The molecule has 0 unspecified atom stereocenters. The first kappa shape index (κ1) is 9.94. The molecule has 4 nitrogen and oxygen atoms in total. The summed E-state index contributed by atoms with van der Waals surface area (Å²) in [4.78, 5) is 22.1. The number of rotatable bonds is 4. The van der Waals surface area contributed by atoms with E-state index < -0.39 is 0 Å². The highest BCUT2D eigenvalue weighted by Gasteiger charge is 2.09. The van der Waals surface area contributed by atoms with Gasteiger partial charge in [0.25, 0.3) is 0 Å². The van der Waals surface area contributed by atoms with Gasteiger partial charge in [-0.1, -0.05) is 6.92 Å². The van der Waals surface area contributed by atoms with Crippen molar-refractivity contribution >= 4 is 12.4 Å². The molecule has 0 aliphatic heterocycles. The fourth-order valence-electron chi connectivity index (χ4n) is 0.659. The van der Waals surface area contributed by atoms with Gasteiger partial charge >= 0.3 is 12.4 Å². The number of carbonyl (C=O) groups excluding carboxylic acids is 2. The molecule has 0 spiro atoms. The van der Waals surface area contributed by atoms with Crippen molar-refractivity contribution in [2.24, 2.45) is 0 Å². The number of imide groups is 1. The summed E-state index contributed by atoms with van der Waals surface area (Å²) in [6, 6.07) is -0.371. The van der Waals surface area contributed by atoms with Gasteiger partial charge in [0.15, 0.2) is 0 Å². The van der Waals surface area contributed by atoms with Crippen LogP contribution in [0.15, 0.2) is 0 Å². The zero-order valence-corrected chi connectivity index (χ0v) is 6.89. The van der Waals surface area contributed by atoms with Gasteiger partial charge in [0, 0.05) is 13.1 Å². The van der Waals surface area contributed by atoms with Crippen LogP contribution in [0.25, 0.3) is 0 Å². The van der Waals surface area contributed by atoms with E-state index in [2.05, 4.69) is 5.32 Å². The number of nitrogens with one attached hydrogen (secondary N) is 1. The van der Waals surface area contributed by atoms with Crippen LogP contribution >= 0.6 is 0 Å². The molecule has 0 fully saturated rings. The minimum absolute atomic E-state index is 0.371. The Balaban J connectivity index is 3.81. The zero-order chi connectivity index (χ0) is 8.69. The average Bonchev–Trinajstić information content (AvgIpc) is 2.00. The van der Waals surface area contributed by atoms with E-state index >= 15 is 0 Å². The first-order chi connectivity index (χ1) is 5.26. The lowest BCUT2D eigenvalue weighted by Crippen LogP contribution is -2.39. The highest BCUT2D eigenvalue weighted by molar-refractivity contribution is 5.84. The van der Waals surface area contributed by atoms with Crippen molar-refractivity contribution in [3.8, 4) is 0 Å². The lowest BCUT2D eigenvalue weighted by molar-refractivity contribution is 0.219. The van der Waals surface area contributed by atoms with E-state index in [1.165, 1.54) is 0 Å². The van der Waals surface area contributed by atoms with Gasteiger partial charge in [0.05, 0.1) is 0 Å². The predicted octanol–water partition coefficient (Wildman–Crippen LogP) is 0.495. The largest absolute Gasteiger partial charge is 0.338 e. The summed E-state index contributed by atoms with van der Waals surface area (Å²) in [5.74, 6) is 0. The van der Waals surface area contributed by atoms with Crippen LogP contribution in [0.2, 0.25) is 0 Å². The summed E-state index contributed by atoms with van der Waals surface area (Å²) in [5, 5.41) is 2.51. The van der Waals surface area contributed by atoms with Crippen molar-refractivity contribution in [2.75, 3.05) is 13.1 Å². The standard InChI is InChI=1S/C7H13N2O2/c1-3-5-9(6-10)7(11)8-4-2/h3-5H2,1-2H3,(H,8,11).